The maximum atomic E-state index is 12.3. The quantitative estimate of drug-likeness (QED) is 0.926. The Balaban J connectivity index is 1.63. The highest BCUT2D eigenvalue weighted by molar-refractivity contribution is 6.33. The summed E-state index contributed by atoms with van der Waals surface area (Å²) in [7, 11) is 0. The summed E-state index contributed by atoms with van der Waals surface area (Å²) >= 11 is 6.12. The van der Waals surface area contributed by atoms with Crippen molar-refractivity contribution >= 4 is 23.4 Å². The van der Waals surface area contributed by atoms with E-state index in [1.165, 1.54) is 0 Å². The van der Waals surface area contributed by atoms with Gasteiger partial charge in [-0.25, -0.2) is 0 Å². The number of nitrogens with zero attached hydrogens (tertiary/aromatic N) is 2. The number of carbonyl (C=O) groups is 2. The Hall–Kier alpha value is -2.34. The van der Waals surface area contributed by atoms with E-state index < -0.39 is 0 Å². The molecule has 0 radical (unpaired) electrons. The molecular weight excluding hydrogens is 330 g/mol. The number of benzene rings is 1. The van der Waals surface area contributed by atoms with E-state index in [0.29, 0.717) is 29.4 Å². The first-order chi connectivity index (χ1) is 11.5. The molecule has 1 aromatic heterocycles. The van der Waals surface area contributed by atoms with Gasteiger partial charge in [0.1, 0.15) is 0 Å². The average molecular weight is 348 g/mol. The third-order valence-corrected chi connectivity index (χ3v) is 4.49. The van der Waals surface area contributed by atoms with E-state index in [1.54, 1.807) is 24.0 Å². The Morgan fingerprint density at radius 1 is 1.29 bits per heavy atom. The standard InChI is InChI=1S/C17H18ClN3O3/c1-11(22)21-8-6-12(7-9-21)19-17(23)15-10-16(24-20-15)13-4-2-3-5-14(13)18/h2-5,10,12H,6-9H2,1H3,(H,19,23). The Kier molecular flexibility index (Phi) is 4.85. The van der Waals surface area contributed by atoms with Gasteiger partial charge in [-0.2, -0.15) is 0 Å². The number of nitrogens with one attached hydrogen (secondary N) is 1. The normalized spacial score (nSPS) is 15.3. The van der Waals surface area contributed by atoms with Crippen molar-refractivity contribution in [1.29, 1.82) is 0 Å². The predicted molar refractivity (Wildman–Crippen MR) is 89.7 cm³/mol. The summed E-state index contributed by atoms with van der Waals surface area (Å²) < 4.78 is 5.24. The monoisotopic (exact) mass is 347 g/mol. The molecule has 1 aromatic carbocycles. The van der Waals surface area contributed by atoms with Crippen LogP contribution in [-0.2, 0) is 4.79 Å². The van der Waals surface area contributed by atoms with Crippen LogP contribution in [0.5, 0.6) is 0 Å². The molecule has 0 spiro atoms. The van der Waals surface area contributed by atoms with Crippen LogP contribution in [0.1, 0.15) is 30.3 Å². The van der Waals surface area contributed by atoms with E-state index in [-0.39, 0.29) is 23.6 Å². The number of hydrogen-bond acceptors (Lipinski definition) is 4. The largest absolute Gasteiger partial charge is 0.355 e. The second-order valence-corrected chi connectivity index (χ2v) is 6.22. The molecule has 0 unspecified atom stereocenters. The summed E-state index contributed by atoms with van der Waals surface area (Å²) in [6.45, 7) is 2.87. The molecule has 0 bridgehead atoms. The fraction of sp³-hybridized carbons (Fsp3) is 0.353. The molecule has 1 N–H and O–H groups in total. The summed E-state index contributed by atoms with van der Waals surface area (Å²) in [5.41, 5.74) is 0.916. The van der Waals surface area contributed by atoms with Gasteiger partial charge in [0, 0.05) is 37.7 Å². The average Bonchev–Trinajstić information content (AvgIpc) is 3.05. The lowest BCUT2D eigenvalue weighted by Crippen LogP contribution is -2.46. The van der Waals surface area contributed by atoms with Gasteiger partial charge in [0.15, 0.2) is 11.5 Å². The topological polar surface area (TPSA) is 75.4 Å². The molecule has 0 atom stereocenters. The zero-order valence-electron chi connectivity index (χ0n) is 13.3. The highest BCUT2D eigenvalue weighted by atomic mass is 35.5. The smallest absolute Gasteiger partial charge is 0.273 e. The molecule has 2 aromatic rings. The minimum atomic E-state index is -0.279. The van der Waals surface area contributed by atoms with Gasteiger partial charge < -0.3 is 14.7 Å². The number of hydrogen-bond donors (Lipinski definition) is 1. The molecule has 1 aliphatic rings. The molecule has 24 heavy (non-hydrogen) atoms. The van der Waals surface area contributed by atoms with Crippen molar-refractivity contribution in [3.05, 3.63) is 41.0 Å². The van der Waals surface area contributed by atoms with Gasteiger partial charge in [0.2, 0.25) is 5.91 Å². The highest BCUT2D eigenvalue weighted by Gasteiger charge is 2.23. The molecule has 1 aliphatic heterocycles. The molecule has 126 valence electrons. The fourth-order valence-electron chi connectivity index (χ4n) is 2.77. The predicted octanol–water partition coefficient (Wildman–Crippen LogP) is 2.74. The highest BCUT2D eigenvalue weighted by Crippen LogP contribution is 2.28. The van der Waals surface area contributed by atoms with E-state index in [1.807, 2.05) is 18.2 Å². The molecule has 2 amide bonds. The Morgan fingerprint density at radius 2 is 2.00 bits per heavy atom. The Labute approximate surface area is 144 Å². The van der Waals surface area contributed by atoms with E-state index in [9.17, 15) is 9.59 Å². The number of piperidine rings is 1. The number of amides is 2. The van der Waals surface area contributed by atoms with E-state index in [4.69, 9.17) is 16.1 Å². The zero-order valence-corrected chi connectivity index (χ0v) is 14.0. The van der Waals surface area contributed by atoms with Crippen molar-refractivity contribution in [2.24, 2.45) is 0 Å². The SMILES string of the molecule is CC(=O)N1CCC(NC(=O)c2cc(-c3ccccc3Cl)on2)CC1. The van der Waals surface area contributed by atoms with Crippen LogP contribution >= 0.6 is 11.6 Å². The van der Waals surface area contributed by atoms with Gasteiger partial charge >= 0.3 is 0 Å². The molecule has 0 aliphatic carbocycles. The third kappa shape index (κ3) is 3.59. The fourth-order valence-corrected chi connectivity index (χ4v) is 3.00. The molecule has 2 heterocycles. The summed E-state index contributed by atoms with van der Waals surface area (Å²) in [5.74, 6) is 0.246. The number of aromatic nitrogens is 1. The second-order valence-electron chi connectivity index (χ2n) is 5.81. The Bertz CT molecular complexity index is 751. The summed E-state index contributed by atoms with van der Waals surface area (Å²) in [6, 6.07) is 8.84. The van der Waals surface area contributed by atoms with Crippen molar-refractivity contribution in [3.63, 3.8) is 0 Å². The molecular formula is C17H18ClN3O3. The van der Waals surface area contributed by atoms with Crippen LogP contribution in [0.4, 0.5) is 0 Å². The third-order valence-electron chi connectivity index (χ3n) is 4.16. The second kappa shape index (κ2) is 7.05. The first-order valence-corrected chi connectivity index (χ1v) is 8.20. The van der Waals surface area contributed by atoms with Crippen LogP contribution in [0.25, 0.3) is 11.3 Å². The molecule has 6 nitrogen and oxygen atoms in total. The number of rotatable bonds is 3. The first-order valence-electron chi connectivity index (χ1n) is 7.82. The number of halogens is 1. The van der Waals surface area contributed by atoms with Crippen molar-refractivity contribution < 1.29 is 14.1 Å². The van der Waals surface area contributed by atoms with Gasteiger partial charge in [0.05, 0.1) is 5.02 Å². The molecule has 1 fully saturated rings. The lowest BCUT2D eigenvalue weighted by Gasteiger charge is -2.31. The van der Waals surface area contributed by atoms with Crippen molar-refractivity contribution in [3.8, 4) is 11.3 Å². The summed E-state index contributed by atoms with van der Waals surface area (Å²) in [4.78, 5) is 25.4. The summed E-state index contributed by atoms with van der Waals surface area (Å²) in [5, 5.41) is 7.31. The summed E-state index contributed by atoms with van der Waals surface area (Å²) in [6.07, 6.45) is 1.47. The maximum Gasteiger partial charge on any atom is 0.273 e. The minimum absolute atomic E-state index is 0.0357. The Morgan fingerprint density at radius 3 is 2.67 bits per heavy atom. The van der Waals surface area contributed by atoms with Gasteiger partial charge in [-0.05, 0) is 25.0 Å². The van der Waals surface area contributed by atoms with Crippen LogP contribution < -0.4 is 5.32 Å². The van der Waals surface area contributed by atoms with Gasteiger partial charge in [-0.1, -0.05) is 28.9 Å². The molecule has 0 saturated carbocycles. The van der Waals surface area contributed by atoms with Crippen molar-refractivity contribution in [1.82, 2.24) is 15.4 Å². The maximum absolute atomic E-state index is 12.3. The van der Waals surface area contributed by atoms with Gasteiger partial charge in [-0.15, -0.1) is 0 Å². The molecule has 7 heteroatoms. The zero-order chi connectivity index (χ0) is 17.1. The van der Waals surface area contributed by atoms with Crippen molar-refractivity contribution in [2.45, 2.75) is 25.8 Å². The van der Waals surface area contributed by atoms with Crippen LogP contribution in [0.15, 0.2) is 34.9 Å². The lowest BCUT2D eigenvalue weighted by molar-refractivity contribution is -0.129. The van der Waals surface area contributed by atoms with Crippen LogP contribution in [0.2, 0.25) is 5.02 Å². The van der Waals surface area contributed by atoms with Crippen molar-refractivity contribution in [2.75, 3.05) is 13.1 Å². The van der Waals surface area contributed by atoms with Crippen LogP contribution in [0.3, 0.4) is 0 Å². The number of likely N-dealkylation sites (tertiary alicyclic amines) is 1. The number of carbonyl (C=O) groups excluding carboxylic acids is 2. The van der Waals surface area contributed by atoms with Gasteiger partial charge in [0.25, 0.3) is 5.91 Å². The molecule has 3 rings (SSSR count). The van der Waals surface area contributed by atoms with Gasteiger partial charge in [-0.3, -0.25) is 9.59 Å². The van der Waals surface area contributed by atoms with Crippen LogP contribution in [0, 0.1) is 0 Å². The van der Waals surface area contributed by atoms with E-state index in [0.717, 1.165) is 12.8 Å². The lowest BCUT2D eigenvalue weighted by atomic mass is 10.0. The first kappa shape index (κ1) is 16.5. The van der Waals surface area contributed by atoms with E-state index in [2.05, 4.69) is 10.5 Å². The van der Waals surface area contributed by atoms with E-state index >= 15 is 0 Å². The van der Waals surface area contributed by atoms with Crippen LogP contribution in [-0.4, -0.2) is 41.0 Å². The molecule has 1 saturated heterocycles. The minimum Gasteiger partial charge on any atom is -0.355 e.